The second-order valence-electron chi connectivity index (χ2n) is 6.47. The summed E-state index contributed by atoms with van der Waals surface area (Å²) >= 11 is 18.6. The summed E-state index contributed by atoms with van der Waals surface area (Å²) in [4.78, 5) is 25.3. The number of carboxylic acid groups (broad SMARTS) is 1. The van der Waals surface area contributed by atoms with Crippen molar-refractivity contribution < 1.29 is 24.2 Å². The molecule has 0 spiro atoms. The molecule has 1 aliphatic heterocycles. The molecule has 3 rings (SSSR count). The molecule has 1 amide bonds. The van der Waals surface area contributed by atoms with Crippen LogP contribution in [0.1, 0.15) is 18.1 Å². The van der Waals surface area contributed by atoms with Crippen LogP contribution in [0, 0.1) is 0 Å². The fraction of sp³-hybridized carbons (Fsp3) is 0.190. The molecule has 0 aromatic heterocycles. The number of thiocarbonyl (C=S) groups is 1. The summed E-state index contributed by atoms with van der Waals surface area (Å²) < 4.78 is 11.4. The van der Waals surface area contributed by atoms with Crippen molar-refractivity contribution >= 4 is 69.5 Å². The first-order chi connectivity index (χ1) is 14.7. The molecule has 1 saturated heterocycles. The van der Waals surface area contributed by atoms with Crippen molar-refractivity contribution in [3.63, 3.8) is 0 Å². The monoisotopic (exact) mass is 497 g/mol. The molecule has 0 saturated carbocycles. The van der Waals surface area contributed by atoms with E-state index in [-0.39, 0.29) is 10.9 Å². The van der Waals surface area contributed by atoms with Gasteiger partial charge in [-0.3, -0.25) is 9.69 Å². The van der Waals surface area contributed by atoms with Gasteiger partial charge in [0.05, 0.1) is 12.0 Å². The number of rotatable bonds is 7. The molecule has 162 valence electrons. The van der Waals surface area contributed by atoms with Crippen LogP contribution in [-0.2, 0) is 16.2 Å². The van der Waals surface area contributed by atoms with Crippen LogP contribution in [0.5, 0.6) is 11.5 Å². The van der Waals surface area contributed by atoms with E-state index in [4.69, 9.17) is 44.9 Å². The lowest BCUT2D eigenvalue weighted by molar-refractivity contribution is -0.144. The average Bonchev–Trinajstić information content (AvgIpc) is 3.00. The lowest BCUT2D eigenvalue weighted by Gasteiger charge is -2.18. The fourth-order valence-corrected chi connectivity index (χ4v) is 4.71. The highest BCUT2D eigenvalue weighted by Gasteiger charge is 2.38. The van der Waals surface area contributed by atoms with Crippen LogP contribution in [-0.4, -0.2) is 39.4 Å². The van der Waals surface area contributed by atoms with Gasteiger partial charge in [0.15, 0.2) is 11.5 Å². The Labute approximate surface area is 198 Å². The number of halogens is 2. The van der Waals surface area contributed by atoms with Crippen molar-refractivity contribution in [1.29, 1.82) is 0 Å². The Hall–Kier alpha value is -2.26. The number of carbonyl (C=O) groups is 2. The van der Waals surface area contributed by atoms with Gasteiger partial charge in [0.25, 0.3) is 5.91 Å². The van der Waals surface area contributed by atoms with Crippen molar-refractivity contribution in [3.8, 4) is 11.5 Å². The van der Waals surface area contributed by atoms with E-state index in [1.165, 1.54) is 14.0 Å². The Kier molecular flexibility index (Phi) is 7.48. The zero-order chi connectivity index (χ0) is 22.7. The largest absolute Gasteiger partial charge is 0.493 e. The minimum Gasteiger partial charge on any atom is -0.493 e. The van der Waals surface area contributed by atoms with E-state index >= 15 is 0 Å². The Bertz CT molecular complexity index is 1070. The Balaban J connectivity index is 1.81. The van der Waals surface area contributed by atoms with E-state index in [2.05, 4.69) is 0 Å². The molecule has 2 aromatic rings. The summed E-state index contributed by atoms with van der Waals surface area (Å²) in [5.74, 6) is -0.647. The molecule has 1 aliphatic rings. The van der Waals surface area contributed by atoms with Crippen LogP contribution in [0.3, 0.4) is 0 Å². The maximum atomic E-state index is 12.6. The quantitative estimate of drug-likeness (QED) is 0.413. The zero-order valence-corrected chi connectivity index (χ0v) is 19.6. The van der Waals surface area contributed by atoms with Crippen LogP contribution >= 0.6 is 47.2 Å². The van der Waals surface area contributed by atoms with E-state index in [0.29, 0.717) is 37.6 Å². The number of benzene rings is 2. The SMILES string of the molecule is COc1cc(/C=C2\SC(=S)N(C(C)C(=O)O)C2=O)ccc1OCc1c(Cl)cccc1Cl. The third kappa shape index (κ3) is 5.15. The highest BCUT2D eigenvalue weighted by molar-refractivity contribution is 8.26. The molecular weight excluding hydrogens is 481 g/mol. The van der Waals surface area contributed by atoms with Gasteiger partial charge >= 0.3 is 5.97 Å². The zero-order valence-electron chi connectivity index (χ0n) is 16.4. The Morgan fingerprint density at radius 1 is 1.26 bits per heavy atom. The molecular formula is C21H17Cl2NO5S2. The number of nitrogens with zero attached hydrogens (tertiary/aromatic N) is 1. The average molecular weight is 498 g/mol. The molecule has 1 heterocycles. The number of aliphatic carboxylic acids is 1. The van der Waals surface area contributed by atoms with Crippen LogP contribution in [0.2, 0.25) is 10.0 Å². The summed E-state index contributed by atoms with van der Waals surface area (Å²) in [5, 5.41) is 10.2. The molecule has 6 nitrogen and oxygen atoms in total. The number of hydrogen-bond donors (Lipinski definition) is 1. The van der Waals surface area contributed by atoms with Crippen molar-refractivity contribution in [2.75, 3.05) is 7.11 Å². The summed E-state index contributed by atoms with van der Waals surface area (Å²) in [6.45, 7) is 1.57. The molecule has 0 aliphatic carbocycles. The maximum absolute atomic E-state index is 12.6. The number of ether oxygens (including phenoxy) is 2. The van der Waals surface area contributed by atoms with E-state index < -0.39 is 17.9 Å². The molecule has 2 aromatic carbocycles. The predicted octanol–water partition coefficient (Wildman–Crippen LogP) is 5.26. The van der Waals surface area contributed by atoms with E-state index in [1.807, 2.05) is 0 Å². The molecule has 31 heavy (non-hydrogen) atoms. The minimum atomic E-state index is -1.13. The first-order valence-electron chi connectivity index (χ1n) is 8.96. The number of carboxylic acids is 1. The molecule has 10 heteroatoms. The summed E-state index contributed by atoms with van der Waals surface area (Å²) in [6.07, 6.45) is 1.63. The first kappa shape index (κ1) is 23.4. The second kappa shape index (κ2) is 9.91. The minimum absolute atomic E-state index is 0.153. The van der Waals surface area contributed by atoms with Crippen molar-refractivity contribution in [2.24, 2.45) is 0 Å². The maximum Gasteiger partial charge on any atom is 0.326 e. The predicted molar refractivity (Wildman–Crippen MR) is 126 cm³/mol. The smallest absolute Gasteiger partial charge is 0.326 e. The number of hydrogen-bond acceptors (Lipinski definition) is 6. The third-order valence-electron chi connectivity index (χ3n) is 4.49. The van der Waals surface area contributed by atoms with E-state index in [9.17, 15) is 14.7 Å². The Morgan fingerprint density at radius 2 is 1.94 bits per heavy atom. The Morgan fingerprint density at radius 3 is 2.55 bits per heavy atom. The van der Waals surface area contributed by atoms with Crippen molar-refractivity contribution in [3.05, 3.63) is 62.5 Å². The summed E-state index contributed by atoms with van der Waals surface area (Å²) in [7, 11) is 1.50. The van der Waals surface area contributed by atoms with Gasteiger partial charge in [-0.05, 0) is 42.8 Å². The van der Waals surface area contributed by atoms with Crippen molar-refractivity contribution in [2.45, 2.75) is 19.6 Å². The third-order valence-corrected chi connectivity index (χ3v) is 6.53. The van der Waals surface area contributed by atoms with Crippen LogP contribution in [0.15, 0.2) is 41.3 Å². The summed E-state index contributed by atoms with van der Waals surface area (Å²) in [6, 6.07) is 9.33. The highest BCUT2D eigenvalue weighted by atomic mass is 35.5. The van der Waals surface area contributed by atoms with Gasteiger partial charge in [0, 0.05) is 15.6 Å². The molecule has 0 bridgehead atoms. The summed E-state index contributed by atoms with van der Waals surface area (Å²) in [5.41, 5.74) is 1.33. The lowest BCUT2D eigenvalue weighted by atomic mass is 10.1. The van der Waals surface area contributed by atoms with Gasteiger partial charge in [0.2, 0.25) is 0 Å². The van der Waals surface area contributed by atoms with Crippen molar-refractivity contribution in [1.82, 2.24) is 4.90 Å². The number of methoxy groups -OCH3 is 1. The first-order valence-corrected chi connectivity index (χ1v) is 10.9. The number of thioether (sulfide) groups is 1. The molecule has 1 atom stereocenters. The fourth-order valence-electron chi connectivity index (χ4n) is 2.79. The standard InChI is InChI=1S/C21H17Cl2NO5S2/c1-11(20(26)27)24-19(25)18(31-21(24)30)9-12-6-7-16(17(8-12)28-2)29-10-13-14(22)4-3-5-15(13)23/h3-9,11H,10H2,1-2H3,(H,26,27)/b18-9-. The number of amides is 1. The van der Waals surface area contributed by atoms with Crippen LogP contribution < -0.4 is 9.47 Å². The van der Waals surface area contributed by atoms with E-state index in [1.54, 1.807) is 42.5 Å². The molecule has 1 unspecified atom stereocenters. The molecule has 1 fully saturated rings. The van der Waals surface area contributed by atoms with Gasteiger partial charge in [-0.25, -0.2) is 4.79 Å². The highest BCUT2D eigenvalue weighted by Crippen LogP contribution is 2.36. The van der Waals surface area contributed by atoms with Gasteiger partial charge < -0.3 is 14.6 Å². The molecule has 1 N–H and O–H groups in total. The number of carbonyl (C=O) groups excluding carboxylic acids is 1. The topological polar surface area (TPSA) is 76.1 Å². The van der Waals surface area contributed by atoms with Crippen LogP contribution in [0.25, 0.3) is 6.08 Å². The second-order valence-corrected chi connectivity index (χ2v) is 8.96. The molecule has 0 radical (unpaired) electrons. The van der Waals surface area contributed by atoms with Gasteiger partial charge in [-0.1, -0.05) is 59.3 Å². The van der Waals surface area contributed by atoms with Gasteiger partial charge in [-0.15, -0.1) is 0 Å². The van der Waals surface area contributed by atoms with Gasteiger partial charge in [0.1, 0.15) is 17.0 Å². The normalized spacial score (nSPS) is 16.0. The lowest BCUT2D eigenvalue weighted by Crippen LogP contribution is -2.41. The van der Waals surface area contributed by atoms with E-state index in [0.717, 1.165) is 16.7 Å². The van der Waals surface area contributed by atoms with Crippen LogP contribution in [0.4, 0.5) is 0 Å². The van der Waals surface area contributed by atoms with Gasteiger partial charge in [-0.2, -0.15) is 0 Å².